The molecule has 0 aliphatic rings. The standard InChI is InChI=1S/C34H28N8/c1-22(2)34-35-31-29(25-11-5-3-6-12-25)36-37-30(26-13-7-4-8-14-26)32(31)42(34)21-23-17-19-24(20-18-23)27-15-9-10-16-28(27)33-38-40-41-39-33/h3-20,22H,21H2,1-2H3,(H,38,39,40,41). The van der Waals surface area contributed by atoms with E-state index >= 15 is 0 Å². The molecule has 1 N–H and O–H groups in total. The number of rotatable bonds is 7. The molecule has 0 spiro atoms. The average Bonchev–Trinajstić information content (AvgIpc) is 3.71. The molecule has 0 aliphatic heterocycles. The molecule has 0 saturated carbocycles. The molecule has 7 aromatic rings. The predicted octanol–water partition coefficient (Wildman–Crippen LogP) is 7.18. The number of H-pyrrole nitrogens is 1. The Hall–Kier alpha value is -5.50. The lowest BCUT2D eigenvalue weighted by atomic mass is 9.98. The summed E-state index contributed by atoms with van der Waals surface area (Å²) in [5, 5.41) is 24.0. The number of hydrogen-bond acceptors (Lipinski definition) is 6. The lowest BCUT2D eigenvalue weighted by Gasteiger charge is -2.14. The van der Waals surface area contributed by atoms with E-state index in [0.717, 1.165) is 61.6 Å². The highest BCUT2D eigenvalue weighted by Gasteiger charge is 2.23. The SMILES string of the molecule is CC(C)c1nc2c(-c3ccccc3)nnc(-c3ccccc3)c2n1Cc1ccc(-c2ccccc2-c2nnn[nH]2)cc1. The molecule has 0 bridgehead atoms. The van der Waals surface area contributed by atoms with Crippen LogP contribution >= 0.6 is 0 Å². The van der Waals surface area contributed by atoms with Gasteiger partial charge >= 0.3 is 0 Å². The van der Waals surface area contributed by atoms with E-state index in [1.807, 2.05) is 54.6 Å². The second-order valence-corrected chi connectivity index (χ2v) is 10.5. The fourth-order valence-corrected chi connectivity index (χ4v) is 5.44. The van der Waals surface area contributed by atoms with Crippen LogP contribution in [0.4, 0.5) is 0 Å². The molecule has 0 atom stereocenters. The Bertz CT molecular complexity index is 1960. The molecule has 0 fully saturated rings. The third-order valence-corrected chi connectivity index (χ3v) is 7.44. The van der Waals surface area contributed by atoms with Crippen molar-refractivity contribution in [3.05, 3.63) is 121 Å². The Morgan fingerprint density at radius 1 is 0.643 bits per heavy atom. The van der Waals surface area contributed by atoms with Crippen LogP contribution < -0.4 is 0 Å². The number of tetrazole rings is 1. The van der Waals surface area contributed by atoms with Crippen molar-refractivity contribution < 1.29 is 0 Å². The van der Waals surface area contributed by atoms with E-state index in [1.165, 1.54) is 0 Å². The molecule has 0 unspecified atom stereocenters. The van der Waals surface area contributed by atoms with Crippen LogP contribution in [0, 0.1) is 0 Å². The number of aromatic nitrogens is 8. The summed E-state index contributed by atoms with van der Waals surface area (Å²) in [6, 6.07) is 37.2. The zero-order valence-electron chi connectivity index (χ0n) is 23.3. The number of aromatic amines is 1. The van der Waals surface area contributed by atoms with Crippen molar-refractivity contribution in [3.63, 3.8) is 0 Å². The monoisotopic (exact) mass is 548 g/mol. The average molecular weight is 549 g/mol. The van der Waals surface area contributed by atoms with Crippen molar-refractivity contribution in [1.82, 2.24) is 40.4 Å². The van der Waals surface area contributed by atoms with Crippen LogP contribution in [0.15, 0.2) is 109 Å². The van der Waals surface area contributed by atoms with Crippen molar-refractivity contribution in [1.29, 1.82) is 0 Å². The van der Waals surface area contributed by atoms with Gasteiger partial charge in [0.1, 0.15) is 22.7 Å². The van der Waals surface area contributed by atoms with Crippen LogP contribution in [0.25, 0.3) is 56.1 Å². The first-order valence-corrected chi connectivity index (χ1v) is 14.0. The van der Waals surface area contributed by atoms with Gasteiger partial charge in [-0.3, -0.25) is 0 Å². The van der Waals surface area contributed by atoms with Crippen molar-refractivity contribution in [3.8, 4) is 45.0 Å². The van der Waals surface area contributed by atoms with Crippen molar-refractivity contribution in [2.75, 3.05) is 0 Å². The molecular formula is C34H28N8. The first-order chi connectivity index (χ1) is 20.7. The number of imidazole rings is 1. The van der Waals surface area contributed by atoms with Gasteiger partial charge < -0.3 is 4.57 Å². The van der Waals surface area contributed by atoms with Gasteiger partial charge in [0.05, 0.1) is 5.52 Å². The molecular weight excluding hydrogens is 520 g/mol. The highest BCUT2D eigenvalue weighted by atomic mass is 15.5. The second-order valence-electron chi connectivity index (χ2n) is 10.5. The van der Waals surface area contributed by atoms with Crippen LogP contribution in [-0.4, -0.2) is 40.4 Å². The fourth-order valence-electron chi connectivity index (χ4n) is 5.44. The van der Waals surface area contributed by atoms with E-state index in [4.69, 9.17) is 15.2 Å². The number of benzene rings is 4. The molecule has 0 amide bonds. The Labute approximate surface area is 243 Å². The molecule has 3 aromatic heterocycles. The predicted molar refractivity (Wildman–Crippen MR) is 164 cm³/mol. The van der Waals surface area contributed by atoms with Crippen LogP contribution in [0.5, 0.6) is 0 Å². The van der Waals surface area contributed by atoms with Gasteiger partial charge in [0.25, 0.3) is 0 Å². The molecule has 204 valence electrons. The summed E-state index contributed by atoms with van der Waals surface area (Å²) in [6.45, 7) is 5.01. The second kappa shape index (κ2) is 10.8. The minimum atomic E-state index is 0.200. The molecule has 0 radical (unpaired) electrons. The Morgan fingerprint density at radius 2 is 1.26 bits per heavy atom. The molecule has 8 nitrogen and oxygen atoms in total. The highest BCUT2D eigenvalue weighted by Crippen LogP contribution is 2.35. The number of fused-ring (bicyclic) bond motifs is 1. The number of nitrogens with one attached hydrogen (secondary N) is 1. The van der Waals surface area contributed by atoms with Crippen molar-refractivity contribution in [2.24, 2.45) is 0 Å². The Balaban J connectivity index is 1.36. The highest BCUT2D eigenvalue weighted by molar-refractivity contribution is 5.97. The van der Waals surface area contributed by atoms with E-state index in [2.05, 4.69) is 93.6 Å². The Kier molecular flexibility index (Phi) is 6.56. The van der Waals surface area contributed by atoms with Crippen molar-refractivity contribution in [2.45, 2.75) is 26.3 Å². The largest absolute Gasteiger partial charge is 0.321 e. The van der Waals surface area contributed by atoms with Crippen LogP contribution in [0.1, 0.15) is 31.2 Å². The summed E-state index contributed by atoms with van der Waals surface area (Å²) in [5.41, 5.74) is 9.76. The number of nitrogens with zero attached hydrogens (tertiary/aromatic N) is 7. The zero-order chi connectivity index (χ0) is 28.5. The molecule has 0 aliphatic carbocycles. The zero-order valence-corrected chi connectivity index (χ0v) is 23.3. The lowest BCUT2D eigenvalue weighted by Crippen LogP contribution is -2.08. The summed E-state index contributed by atoms with van der Waals surface area (Å²) in [4.78, 5) is 5.21. The minimum absolute atomic E-state index is 0.200. The van der Waals surface area contributed by atoms with E-state index in [9.17, 15) is 0 Å². The third-order valence-electron chi connectivity index (χ3n) is 7.44. The van der Waals surface area contributed by atoms with E-state index in [1.54, 1.807) is 0 Å². The van der Waals surface area contributed by atoms with Gasteiger partial charge in [-0.1, -0.05) is 123 Å². The molecule has 3 heterocycles. The number of hydrogen-bond donors (Lipinski definition) is 1. The molecule has 0 saturated heterocycles. The van der Waals surface area contributed by atoms with Crippen LogP contribution in [0.3, 0.4) is 0 Å². The van der Waals surface area contributed by atoms with E-state index in [-0.39, 0.29) is 5.92 Å². The summed E-state index contributed by atoms with van der Waals surface area (Å²) >= 11 is 0. The van der Waals surface area contributed by atoms with Gasteiger partial charge in [-0.25, -0.2) is 10.1 Å². The minimum Gasteiger partial charge on any atom is -0.321 e. The first kappa shape index (κ1) is 25.5. The maximum absolute atomic E-state index is 5.21. The van der Waals surface area contributed by atoms with Gasteiger partial charge in [-0.05, 0) is 27.1 Å². The van der Waals surface area contributed by atoms with Crippen LogP contribution in [0.2, 0.25) is 0 Å². The van der Waals surface area contributed by atoms with E-state index in [0.29, 0.717) is 12.4 Å². The summed E-state index contributed by atoms with van der Waals surface area (Å²) in [5.74, 6) is 1.85. The van der Waals surface area contributed by atoms with Gasteiger partial charge in [-0.15, -0.1) is 15.3 Å². The van der Waals surface area contributed by atoms with Crippen molar-refractivity contribution >= 4 is 11.0 Å². The fraction of sp³-hybridized carbons (Fsp3) is 0.118. The molecule has 8 heteroatoms. The molecule has 42 heavy (non-hydrogen) atoms. The normalized spacial score (nSPS) is 11.4. The van der Waals surface area contributed by atoms with Gasteiger partial charge in [0.2, 0.25) is 0 Å². The quantitative estimate of drug-likeness (QED) is 0.227. The summed E-state index contributed by atoms with van der Waals surface area (Å²) < 4.78 is 2.31. The van der Waals surface area contributed by atoms with Gasteiger partial charge in [0.15, 0.2) is 5.82 Å². The summed E-state index contributed by atoms with van der Waals surface area (Å²) in [6.07, 6.45) is 0. The summed E-state index contributed by atoms with van der Waals surface area (Å²) in [7, 11) is 0. The lowest BCUT2D eigenvalue weighted by molar-refractivity contribution is 0.683. The maximum atomic E-state index is 5.21. The van der Waals surface area contributed by atoms with Crippen LogP contribution in [-0.2, 0) is 6.54 Å². The topological polar surface area (TPSA) is 98.1 Å². The first-order valence-electron chi connectivity index (χ1n) is 14.0. The Morgan fingerprint density at radius 3 is 1.90 bits per heavy atom. The smallest absolute Gasteiger partial charge is 0.180 e. The third kappa shape index (κ3) is 4.62. The molecule has 4 aromatic carbocycles. The maximum Gasteiger partial charge on any atom is 0.180 e. The van der Waals surface area contributed by atoms with E-state index < -0.39 is 0 Å². The van der Waals surface area contributed by atoms with Gasteiger partial charge in [0, 0.05) is 29.2 Å². The molecule has 7 rings (SSSR count). The van der Waals surface area contributed by atoms with Gasteiger partial charge in [-0.2, -0.15) is 0 Å².